The molecular formula is C26H26N2O3. The second-order valence-electron chi connectivity index (χ2n) is 7.95. The van der Waals surface area contributed by atoms with Gasteiger partial charge in [-0.05, 0) is 23.3 Å². The Bertz CT molecular complexity index is 978. The molecule has 1 fully saturated rings. The summed E-state index contributed by atoms with van der Waals surface area (Å²) in [5.74, 6) is 1.34. The van der Waals surface area contributed by atoms with E-state index < -0.39 is 6.10 Å². The number of piperazine rings is 1. The molecule has 0 N–H and O–H groups in total. The van der Waals surface area contributed by atoms with Gasteiger partial charge in [-0.3, -0.25) is 9.69 Å². The molecule has 0 aromatic heterocycles. The number of amides is 1. The highest BCUT2D eigenvalue weighted by atomic mass is 16.6. The van der Waals surface area contributed by atoms with Gasteiger partial charge in [0.1, 0.15) is 6.61 Å². The molecule has 1 amide bonds. The van der Waals surface area contributed by atoms with E-state index in [9.17, 15) is 4.79 Å². The van der Waals surface area contributed by atoms with Crippen LogP contribution >= 0.6 is 0 Å². The van der Waals surface area contributed by atoms with Crippen LogP contribution in [0.1, 0.15) is 17.2 Å². The maximum Gasteiger partial charge on any atom is 0.267 e. The van der Waals surface area contributed by atoms with Crippen molar-refractivity contribution in [2.75, 3.05) is 32.8 Å². The van der Waals surface area contributed by atoms with E-state index in [4.69, 9.17) is 9.47 Å². The van der Waals surface area contributed by atoms with Crippen molar-refractivity contribution in [3.63, 3.8) is 0 Å². The number of hydrogen-bond acceptors (Lipinski definition) is 4. The summed E-state index contributed by atoms with van der Waals surface area (Å²) < 4.78 is 11.7. The fourth-order valence-electron chi connectivity index (χ4n) is 4.43. The summed E-state index contributed by atoms with van der Waals surface area (Å²) in [4.78, 5) is 17.5. The first-order chi connectivity index (χ1) is 15.3. The number of benzene rings is 3. The van der Waals surface area contributed by atoms with E-state index in [1.807, 2.05) is 41.3 Å². The number of fused-ring (bicyclic) bond motifs is 1. The van der Waals surface area contributed by atoms with Gasteiger partial charge in [0, 0.05) is 26.2 Å². The van der Waals surface area contributed by atoms with Crippen LogP contribution in [0.3, 0.4) is 0 Å². The molecule has 158 valence electrons. The van der Waals surface area contributed by atoms with Crippen molar-refractivity contribution in [1.82, 2.24) is 9.80 Å². The van der Waals surface area contributed by atoms with Gasteiger partial charge in [-0.25, -0.2) is 0 Å². The Morgan fingerprint density at radius 1 is 0.742 bits per heavy atom. The number of hydrogen-bond donors (Lipinski definition) is 0. The SMILES string of the molecule is O=C([C@@H]1COc2ccccc2O1)N1CCN(C(c2ccccc2)c2ccccc2)CC1. The van der Waals surface area contributed by atoms with Crippen LogP contribution in [0.2, 0.25) is 0 Å². The van der Waals surface area contributed by atoms with Gasteiger partial charge in [0.25, 0.3) is 5.91 Å². The van der Waals surface area contributed by atoms with Crippen LogP contribution in [0.25, 0.3) is 0 Å². The van der Waals surface area contributed by atoms with Crippen molar-refractivity contribution in [3.05, 3.63) is 96.1 Å². The van der Waals surface area contributed by atoms with E-state index in [1.54, 1.807) is 0 Å². The lowest BCUT2D eigenvalue weighted by Gasteiger charge is -2.41. The number of carbonyl (C=O) groups is 1. The smallest absolute Gasteiger partial charge is 0.267 e. The number of ether oxygens (including phenoxy) is 2. The van der Waals surface area contributed by atoms with Gasteiger partial charge in [0.05, 0.1) is 6.04 Å². The Kier molecular flexibility index (Phi) is 5.59. The van der Waals surface area contributed by atoms with Crippen LogP contribution in [-0.2, 0) is 4.79 Å². The predicted octanol–water partition coefficient (Wildman–Crippen LogP) is 3.76. The molecule has 2 heterocycles. The summed E-state index contributed by atoms with van der Waals surface area (Å²) in [5, 5.41) is 0. The maximum atomic E-state index is 13.1. The van der Waals surface area contributed by atoms with Gasteiger partial charge < -0.3 is 14.4 Å². The summed E-state index contributed by atoms with van der Waals surface area (Å²) in [5.41, 5.74) is 2.54. The number of nitrogens with zero attached hydrogens (tertiary/aromatic N) is 2. The fourth-order valence-corrected chi connectivity index (χ4v) is 4.43. The standard InChI is InChI=1S/C26H26N2O3/c29-26(24-19-30-22-13-7-8-14-23(22)31-24)28-17-15-27(16-18-28)25(20-9-3-1-4-10-20)21-11-5-2-6-12-21/h1-14,24-25H,15-19H2/t24-/m0/s1. The minimum atomic E-state index is -0.583. The van der Waals surface area contributed by atoms with Gasteiger partial charge in [-0.1, -0.05) is 72.8 Å². The number of para-hydroxylation sites is 2. The summed E-state index contributed by atoms with van der Waals surface area (Å²) in [6, 6.07) is 28.8. The minimum Gasteiger partial charge on any atom is -0.485 e. The molecule has 0 unspecified atom stereocenters. The Morgan fingerprint density at radius 2 is 1.29 bits per heavy atom. The van der Waals surface area contributed by atoms with Gasteiger partial charge in [0.15, 0.2) is 11.5 Å². The molecule has 2 aliphatic heterocycles. The first-order valence-electron chi connectivity index (χ1n) is 10.8. The summed E-state index contributed by atoms with van der Waals surface area (Å²) >= 11 is 0. The largest absolute Gasteiger partial charge is 0.485 e. The summed E-state index contributed by atoms with van der Waals surface area (Å²) in [7, 11) is 0. The second-order valence-corrected chi connectivity index (χ2v) is 7.95. The lowest BCUT2D eigenvalue weighted by molar-refractivity contribution is -0.143. The number of rotatable bonds is 4. The van der Waals surface area contributed by atoms with Crippen LogP contribution in [0.15, 0.2) is 84.9 Å². The normalized spacial score (nSPS) is 18.7. The number of carbonyl (C=O) groups excluding carboxylic acids is 1. The molecule has 5 rings (SSSR count). The van der Waals surface area contributed by atoms with Crippen molar-refractivity contribution >= 4 is 5.91 Å². The lowest BCUT2D eigenvalue weighted by Crippen LogP contribution is -2.54. The van der Waals surface area contributed by atoms with Crippen LogP contribution in [-0.4, -0.2) is 54.6 Å². The maximum absolute atomic E-state index is 13.1. The Balaban J connectivity index is 1.27. The Labute approximate surface area is 182 Å². The van der Waals surface area contributed by atoms with Crippen LogP contribution in [0.5, 0.6) is 11.5 Å². The quantitative estimate of drug-likeness (QED) is 0.652. The zero-order chi connectivity index (χ0) is 21.0. The van der Waals surface area contributed by atoms with E-state index in [2.05, 4.69) is 53.4 Å². The molecule has 1 atom stereocenters. The van der Waals surface area contributed by atoms with Gasteiger partial charge in [-0.15, -0.1) is 0 Å². The van der Waals surface area contributed by atoms with E-state index in [0.717, 1.165) is 13.1 Å². The van der Waals surface area contributed by atoms with Crippen LogP contribution in [0, 0.1) is 0 Å². The molecule has 0 aliphatic carbocycles. The molecular weight excluding hydrogens is 388 g/mol. The predicted molar refractivity (Wildman–Crippen MR) is 119 cm³/mol. The molecule has 5 nitrogen and oxygen atoms in total. The molecule has 0 radical (unpaired) electrons. The average Bonchev–Trinajstić information content (AvgIpc) is 2.85. The third-order valence-corrected chi connectivity index (χ3v) is 6.01. The van der Waals surface area contributed by atoms with Crippen LogP contribution < -0.4 is 9.47 Å². The Morgan fingerprint density at radius 3 is 1.90 bits per heavy atom. The van der Waals surface area contributed by atoms with Crippen molar-refractivity contribution in [1.29, 1.82) is 0 Å². The molecule has 5 heteroatoms. The van der Waals surface area contributed by atoms with E-state index in [-0.39, 0.29) is 18.6 Å². The highest BCUT2D eigenvalue weighted by Crippen LogP contribution is 2.32. The van der Waals surface area contributed by atoms with E-state index in [1.165, 1.54) is 11.1 Å². The van der Waals surface area contributed by atoms with Crippen molar-refractivity contribution in [2.45, 2.75) is 12.1 Å². The van der Waals surface area contributed by atoms with Crippen LogP contribution in [0.4, 0.5) is 0 Å². The summed E-state index contributed by atoms with van der Waals surface area (Å²) in [6.45, 7) is 3.23. The molecule has 0 bridgehead atoms. The molecule has 3 aromatic carbocycles. The van der Waals surface area contributed by atoms with Crippen molar-refractivity contribution < 1.29 is 14.3 Å². The van der Waals surface area contributed by atoms with Gasteiger partial charge in [0.2, 0.25) is 6.10 Å². The molecule has 0 saturated carbocycles. The summed E-state index contributed by atoms with van der Waals surface area (Å²) in [6.07, 6.45) is -0.583. The average molecular weight is 415 g/mol. The first kappa shape index (κ1) is 19.6. The monoisotopic (exact) mass is 414 g/mol. The fraction of sp³-hybridized carbons (Fsp3) is 0.269. The second kappa shape index (κ2) is 8.82. The highest BCUT2D eigenvalue weighted by Gasteiger charge is 2.34. The zero-order valence-electron chi connectivity index (χ0n) is 17.4. The third kappa shape index (κ3) is 4.14. The van der Waals surface area contributed by atoms with Gasteiger partial charge in [-0.2, -0.15) is 0 Å². The Hall–Kier alpha value is -3.31. The third-order valence-electron chi connectivity index (χ3n) is 6.01. The lowest BCUT2D eigenvalue weighted by atomic mass is 9.96. The first-order valence-corrected chi connectivity index (χ1v) is 10.8. The molecule has 3 aromatic rings. The van der Waals surface area contributed by atoms with E-state index in [0.29, 0.717) is 24.6 Å². The van der Waals surface area contributed by atoms with Crippen molar-refractivity contribution in [3.8, 4) is 11.5 Å². The van der Waals surface area contributed by atoms with E-state index >= 15 is 0 Å². The molecule has 0 spiro atoms. The highest BCUT2D eigenvalue weighted by molar-refractivity contribution is 5.82. The van der Waals surface area contributed by atoms with Gasteiger partial charge >= 0.3 is 0 Å². The minimum absolute atomic E-state index is 0.00475. The topological polar surface area (TPSA) is 42.0 Å². The molecule has 31 heavy (non-hydrogen) atoms. The molecule has 2 aliphatic rings. The zero-order valence-corrected chi connectivity index (χ0v) is 17.4. The van der Waals surface area contributed by atoms with Crippen molar-refractivity contribution in [2.24, 2.45) is 0 Å². The molecule has 1 saturated heterocycles.